The molecule has 0 aliphatic heterocycles. The van der Waals surface area contributed by atoms with Gasteiger partial charge in [-0.1, -0.05) is 30.8 Å². The van der Waals surface area contributed by atoms with Gasteiger partial charge in [-0.25, -0.2) is 9.37 Å². The number of fused-ring (bicyclic) bond motifs is 1. The molecule has 6 heteroatoms. The van der Waals surface area contributed by atoms with E-state index in [1.165, 1.54) is 35.2 Å². The zero-order chi connectivity index (χ0) is 14.8. The molecule has 0 amide bonds. The lowest BCUT2D eigenvalue weighted by atomic mass is 10.2. The molecule has 3 aromatic rings. The first-order valence-corrected chi connectivity index (χ1v) is 8.41. The van der Waals surface area contributed by atoms with E-state index in [1.54, 1.807) is 16.7 Å². The van der Waals surface area contributed by atoms with Gasteiger partial charge in [-0.05, 0) is 34.9 Å². The minimum atomic E-state index is -0.277. The summed E-state index contributed by atoms with van der Waals surface area (Å²) >= 11 is 2.94. The van der Waals surface area contributed by atoms with Gasteiger partial charge in [0.25, 0.3) is 5.56 Å². The highest BCUT2D eigenvalue weighted by Gasteiger charge is 2.12. The molecule has 0 spiro atoms. The van der Waals surface area contributed by atoms with Gasteiger partial charge in [-0.3, -0.25) is 9.36 Å². The SMILES string of the molecule is CCSc1nc2ccsc2c(=O)n1Cc1ccc(F)cc1. The third-order valence-corrected chi connectivity index (χ3v) is 4.81. The lowest BCUT2D eigenvalue weighted by Crippen LogP contribution is -2.23. The average molecular weight is 320 g/mol. The van der Waals surface area contributed by atoms with Crippen LogP contribution in [-0.2, 0) is 6.54 Å². The summed E-state index contributed by atoms with van der Waals surface area (Å²) in [5.41, 5.74) is 1.60. The van der Waals surface area contributed by atoms with E-state index in [9.17, 15) is 9.18 Å². The Morgan fingerprint density at radius 2 is 2.05 bits per heavy atom. The largest absolute Gasteiger partial charge is 0.282 e. The molecule has 2 aromatic heterocycles. The molecule has 0 N–H and O–H groups in total. The molecule has 0 atom stereocenters. The van der Waals surface area contributed by atoms with Gasteiger partial charge in [-0.15, -0.1) is 11.3 Å². The first-order valence-electron chi connectivity index (χ1n) is 6.54. The highest BCUT2D eigenvalue weighted by atomic mass is 32.2. The Morgan fingerprint density at radius 3 is 2.76 bits per heavy atom. The van der Waals surface area contributed by atoms with Crippen LogP contribution in [0.5, 0.6) is 0 Å². The van der Waals surface area contributed by atoms with Gasteiger partial charge in [0.2, 0.25) is 0 Å². The molecule has 0 aliphatic carbocycles. The first kappa shape index (κ1) is 14.3. The number of benzene rings is 1. The number of nitrogens with zero attached hydrogens (tertiary/aromatic N) is 2. The number of hydrogen-bond acceptors (Lipinski definition) is 4. The van der Waals surface area contributed by atoms with Crippen LogP contribution in [0.2, 0.25) is 0 Å². The predicted octanol–water partition coefficient (Wildman–Crippen LogP) is 3.76. The topological polar surface area (TPSA) is 34.9 Å². The van der Waals surface area contributed by atoms with Crippen molar-refractivity contribution >= 4 is 33.3 Å². The smallest absolute Gasteiger partial charge is 0.272 e. The molecule has 0 saturated heterocycles. The van der Waals surface area contributed by atoms with E-state index in [-0.39, 0.29) is 11.4 Å². The van der Waals surface area contributed by atoms with Crippen molar-refractivity contribution in [1.29, 1.82) is 0 Å². The summed E-state index contributed by atoms with van der Waals surface area (Å²) in [6.45, 7) is 2.43. The van der Waals surface area contributed by atoms with Gasteiger partial charge in [0.1, 0.15) is 10.5 Å². The van der Waals surface area contributed by atoms with Gasteiger partial charge in [0.15, 0.2) is 5.16 Å². The van der Waals surface area contributed by atoms with Gasteiger partial charge in [-0.2, -0.15) is 0 Å². The summed E-state index contributed by atoms with van der Waals surface area (Å²) in [5, 5.41) is 2.58. The number of hydrogen-bond donors (Lipinski definition) is 0. The van der Waals surface area contributed by atoms with Crippen molar-refractivity contribution in [3.63, 3.8) is 0 Å². The van der Waals surface area contributed by atoms with Crippen molar-refractivity contribution in [1.82, 2.24) is 9.55 Å². The van der Waals surface area contributed by atoms with E-state index in [2.05, 4.69) is 4.98 Å². The van der Waals surface area contributed by atoms with Crippen molar-refractivity contribution in [2.45, 2.75) is 18.6 Å². The minimum absolute atomic E-state index is 0.0322. The van der Waals surface area contributed by atoms with E-state index in [0.29, 0.717) is 16.4 Å². The molecule has 3 rings (SSSR count). The highest BCUT2D eigenvalue weighted by molar-refractivity contribution is 7.99. The molecule has 0 saturated carbocycles. The zero-order valence-corrected chi connectivity index (χ0v) is 13.0. The molecule has 21 heavy (non-hydrogen) atoms. The molecule has 108 valence electrons. The Bertz CT molecular complexity index is 824. The number of aromatic nitrogens is 2. The van der Waals surface area contributed by atoms with Crippen LogP contribution in [0.25, 0.3) is 10.2 Å². The van der Waals surface area contributed by atoms with E-state index in [0.717, 1.165) is 16.8 Å². The molecule has 3 nitrogen and oxygen atoms in total. The maximum Gasteiger partial charge on any atom is 0.272 e. The van der Waals surface area contributed by atoms with Crippen LogP contribution in [0.3, 0.4) is 0 Å². The molecule has 1 aromatic carbocycles. The molecule has 0 aliphatic rings. The summed E-state index contributed by atoms with van der Waals surface area (Å²) < 4.78 is 15.3. The fourth-order valence-corrected chi connectivity index (χ4v) is 3.58. The Kier molecular flexibility index (Phi) is 4.07. The summed E-state index contributed by atoms with van der Waals surface area (Å²) in [6.07, 6.45) is 0. The Morgan fingerprint density at radius 1 is 1.29 bits per heavy atom. The molecule has 0 bridgehead atoms. The maximum absolute atomic E-state index is 13.0. The Balaban J connectivity index is 2.10. The van der Waals surface area contributed by atoms with Crippen LogP contribution in [0.1, 0.15) is 12.5 Å². The molecule has 0 fully saturated rings. The van der Waals surface area contributed by atoms with Crippen LogP contribution in [-0.4, -0.2) is 15.3 Å². The summed E-state index contributed by atoms with van der Waals surface area (Å²) in [5.74, 6) is 0.562. The second-order valence-corrected chi connectivity index (χ2v) is 6.63. The number of thiophene rings is 1. The number of thioether (sulfide) groups is 1. The number of halogens is 1. The van der Waals surface area contributed by atoms with E-state index < -0.39 is 0 Å². The standard InChI is InChI=1S/C15H13FN2OS2/c1-2-20-15-17-12-7-8-21-13(12)14(19)18(15)9-10-3-5-11(16)6-4-10/h3-8H,2,9H2,1H3. The van der Waals surface area contributed by atoms with Crippen molar-refractivity contribution in [2.75, 3.05) is 5.75 Å². The maximum atomic E-state index is 13.0. The second kappa shape index (κ2) is 5.99. The molecule has 0 unspecified atom stereocenters. The van der Waals surface area contributed by atoms with Crippen molar-refractivity contribution in [3.05, 3.63) is 57.4 Å². The van der Waals surface area contributed by atoms with Crippen LogP contribution in [0.15, 0.2) is 45.7 Å². The average Bonchev–Trinajstić information content (AvgIpc) is 2.94. The van der Waals surface area contributed by atoms with Crippen molar-refractivity contribution < 1.29 is 4.39 Å². The van der Waals surface area contributed by atoms with Gasteiger partial charge < -0.3 is 0 Å². The monoisotopic (exact) mass is 320 g/mol. The van der Waals surface area contributed by atoms with E-state index >= 15 is 0 Å². The first-order chi connectivity index (χ1) is 10.2. The normalized spacial score (nSPS) is 11.1. The molecular formula is C15H13FN2OS2. The Hall–Kier alpha value is -1.66. The fourth-order valence-electron chi connectivity index (χ4n) is 2.07. The molecule has 2 heterocycles. The Labute approximate surface area is 129 Å². The summed E-state index contributed by atoms with van der Waals surface area (Å²) in [7, 11) is 0. The van der Waals surface area contributed by atoms with E-state index in [1.807, 2.05) is 18.4 Å². The lowest BCUT2D eigenvalue weighted by molar-refractivity contribution is 0.623. The fraction of sp³-hybridized carbons (Fsp3) is 0.200. The van der Waals surface area contributed by atoms with Crippen LogP contribution < -0.4 is 5.56 Å². The highest BCUT2D eigenvalue weighted by Crippen LogP contribution is 2.21. The quantitative estimate of drug-likeness (QED) is 0.542. The number of rotatable bonds is 4. The van der Waals surface area contributed by atoms with Crippen LogP contribution >= 0.6 is 23.1 Å². The summed E-state index contributed by atoms with van der Waals surface area (Å²) in [4.78, 5) is 17.2. The van der Waals surface area contributed by atoms with Crippen molar-refractivity contribution in [2.24, 2.45) is 0 Å². The second-order valence-electron chi connectivity index (χ2n) is 4.48. The van der Waals surface area contributed by atoms with Crippen LogP contribution in [0.4, 0.5) is 4.39 Å². The predicted molar refractivity (Wildman–Crippen MR) is 85.8 cm³/mol. The van der Waals surface area contributed by atoms with Crippen molar-refractivity contribution in [3.8, 4) is 0 Å². The molecular weight excluding hydrogens is 307 g/mol. The zero-order valence-electron chi connectivity index (χ0n) is 11.4. The minimum Gasteiger partial charge on any atom is -0.282 e. The van der Waals surface area contributed by atoms with Gasteiger partial charge in [0, 0.05) is 0 Å². The van der Waals surface area contributed by atoms with Gasteiger partial charge in [0.05, 0.1) is 12.1 Å². The lowest BCUT2D eigenvalue weighted by Gasteiger charge is -2.11. The van der Waals surface area contributed by atoms with E-state index in [4.69, 9.17) is 0 Å². The molecule has 0 radical (unpaired) electrons. The summed E-state index contributed by atoms with van der Waals surface area (Å²) in [6, 6.07) is 8.07. The van der Waals surface area contributed by atoms with Gasteiger partial charge >= 0.3 is 0 Å². The third-order valence-electron chi connectivity index (χ3n) is 3.06. The third kappa shape index (κ3) is 2.87. The van der Waals surface area contributed by atoms with Crippen LogP contribution in [0, 0.1) is 5.82 Å².